The molecular formula is C16H13FN2O3. The van der Waals surface area contributed by atoms with E-state index >= 15 is 0 Å². The van der Waals surface area contributed by atoms with Gasteiger partial charge >= 0.3 is 0 Å². The number of halogens is 1. The van der Waals surface area contributed by atoms with E-state index in [9.17, 15) is 14.0 Å². The molecule has 0 atom stereocenters. The van der Waals surface area contributed by atoms with E-state index in [0.29, 0.717) is 28.3 Å². The van der Waals surface area contributed by atoms with Crippen molar-refractivity contribution in [3.63, 3.8) is 0 Å². The maximum atomic E-state index is 13.1. The number of benzene rings is 2. The van der Waals surface area contributed by atoms with Crippen LogP contribution >= 0.6 is 0 Å². The third-order valence-electron chi connectivity index (χ3n) is 3.31. The van der Waals surface area contributed by atoms with Gasteiger partial charge in [-0.25, -0.2) is 4.39 Å². The van der Waals surface area contributed by atoms with Gasteiger partial charge in [0.2, 0.25) is 0 Å². The van der Waals surface area contributed by atoms with Crippen LogP contribution in [0.15, 0.2) is 36.4 Å². The summed E-state index contributed by atoms with van der Waals surface area (Å²) in [5.74, 6) is -0.471. The van der Waals surface area contributed by atoms with Gasteiger partial charge in [-0.2, -0.15) is 0 Å². The highest BCUT2D eigenvalue weighted by molar-refractivity contribution is 6.06. The summed E-state index contributed by atoms with van der Waals surface area (Å²) in [6, 6.07) is 8.90. The second-order valence-electron chi connectivity index (χ2n) is 4.96. The van der Waals surface area contributed by atoms with E-state index in [1.807, 2.05) is 0 Å². The summed E-state index contributed by atoms with van der Waals surface area (Å²) in [6.45, 7) is 1.64. The predicted octanol–water partition coefficient (Wildman–Crippen LogP) is 2.72. The van der Waals surface area contributed by atoms with Crippen molar-refractivity contribution >= 4 is 23.2 Å². The molecule has 2 aromatic carbocycles. The fourth-order valence-corrected chi connectivity index (χ4v) is 2.18. The standard InChI is InChI=1S/C16H13FN2O3/c1-9-6-11(17)3-5-12(9)19-16(21)10-2-4-13-14(7-10)22-8-15(20)18-13/h2-7H,8H2,1H3,(H,18,20)(H,19,21). The molecule has 0 aliphatic carbocycles. The zero-order valence-corrected chi connectivity index (χ0v) is 11.8. The van der Waals surface area contributed by atoms with Crippen LogP contribution in [-0.2, 0) is 4.79 Å². The van der Waals surface area contributed by atoms with Crippen LogP contribution in [-0.4, -0.2) is 18.4 Å². The van der Waals surface area contributed by atoms with Crippen molar-refractivity contribution in [1.29, 1.82) is 0 Å². The number of ether oxygens (including phenoxy) is 1. The van der Waals surface area contributed by atoms with Crippen molar-refractivity contribution in [2.75, 3.05) is 17.2 Å². The first kappa shape index (κ1) is 14.1. The monoisotopic (exact) mass is 300 g/mol. The van der Waals surface area contributed by atoms with Gasteiger partial charge in [0.25, 0.3) is 11.8 Å². The van der Waals surface area contributed by atoms with Crippen molar-refractivity contribution < 1.29 is 18.7 Å². The van der Waals surface area contributed by atoms with Crippen LogP contribution in [0.3, 0.4) is 0 Å². The summed E-state index contributed by atoms with van der Waals surface area (Å²) in [5, 5.41) is 5.37. The van der Waals surface area contributed by atoms with E-state index in [1.54, 1.807) is 25.1 Å². The number of anilines is 2. The molecule has 0 fully saturated rings. The number of fused-ring (bicyclic) bond motifs is 1. The smallest absolute Gasteiger partial charge is 0.262 e. The molecule has 0 spiro atoms. The van der Waals surface area contributed by atoms with Crippen molar-refractivity contribution in [3.8, 4) is 5.75 Å². The quantitative estimate of drug-likeness (QED) is 0.896. The van der Waals surface area contributed by atoms with Crippen LogP contribution in [0.1, 0.15) is 15.9 Å². The molecule has 2 amide bonds. The molecule has 3 rings (SSSR count). The van der Waals surface area contributed by atoms with Crippen molar-refractivity contribution in [3.05, 3.63) is 53.3 Å². The zero-order chi connectivity index (χ0) is 15.7. The lowest BCUT2D eigenvalue weighted by Crippen LogP contribution is -2.25. The summed E-state index contributed by atoms with van der Waals surface area (Å²) in [6.07, 6.45) is 0. The van der Waals surface area contributed by atoms with Gasteiger partial charge in [0, 0.05) is 11.3 Å². The Balaban J connectivity index is 1.82. The SMILES string of the molecule is Cc1cc(F)ccc1NC(=O)c1ccc2c(c1)OCC(=O)N2. The number of nitrogens with one attached hydrogen (secondary N) is 2. The van der Waals surface area contributed by atoms with E-state index in [4.69, 9.17) is 4.74 Å². The Bertz CT molecular complexity index is 774. The van der Waals surface area contributed by atoms with Gasteiger partial charge < -0.3 is 15.4 Å². The number of hydrogen-bond donors (Lipinski definition) is 2. The summed E-state index contributed by atoms with van der Waals surface area (Å²) in [4.78, 5) is 23.5. The van der Waals surface area contributed by atoms with Gasteiger partial charge in [-0.05, 0) is 48.9 Å². The molecule has 0 unspecified atom stereocenters. The van der Waals surface area contributed by atoms with Crippen molar-refractivity contribution in [1.82, 2.24) is 0 Å². The van der Waals surface area contributed by atoms with E-state index in [2.05, 4.69) is 10.6 Å². The lowest BCUT2D eigenvalue weighted by Gasteiger charge is -2.18. The first-order chi connectivity index (χ1) is 10.5. The molecule has 1 heterocycles. The zero-order valence-electron chi connectivity index (χ0n) is 11.8. The lowest BCUT2D eigenvalue weighted by molar-refractivity contribution is -0.118. The molecule has 0 saturated carbocycles. The molecule has 0 bridgehead atoms. The highest BCUT2D eigenvalue weighted by atomic mass is 19.1. The van der Waals surface area contributed by atoms with E-state index in [-0.39, 0.29) is 24.2 Å². The lowest BCUT2D eigenvalue weighted by atomic mass is 10.1. The summed E-state index contributed by atoms with van der Waals surface area (Å²) < 4.78 is 18.3. The molecule has 112 valence electrons. The van der Waals surface area contributed by atoms with Crippen LogP contribution < -0.4 is 15.4 Å². The van der Waals surface area contributed by atoms with E-state index < -0.39 is 0 Å². The number of carbonyl (C=O) groups excluding carboxylic acids is 2. The fraction of sp³-hybridized carbons (Fsp3) is 0.125. The number of carbonyl (C=O) groups is 2. The predicted molar refractivity (Wildman–Crippen MR) is 79.7 cm³/mol. The first-order valence-electron chi connectivity index (χ1n) is 6.67. The number of hydrogen-bond acceptors (Lipinski definition) is 3. The Morgan fingerprint density at radius 1 is 1.27 bits per heavy atom. The van der Waals surface area contributed by atoms with Gasteiger partial charge in [0.05, 0.1) is 5.69 Å². The van der Waals surface area contributed by atoms with Crippen LogP contribution in [0, 0.1) is 12.7 Å². The normalized spacial score (nSPS) is 12.9. The average molecular weight is 300 g/mol. The van der Waals surface area contributed by atoms with Crippen LogP contribution in [0.25, 0.3) is 0 Å². The maximum absolute atomic E-state index is 13.1. The molecule has 0 radical (unpaired) electrons. The highest BCUT2D eigenvalue weighted by Crippen LogP contribution is 2.29. The van der Waals surface area contributed by atoms with Gasteiger partial charge in [-0.15, -0.1) is 0 Å². The van der Waals surface area contributed by atoms with Gasteiger partial charge in [0.1, 0.15) is 11.6 Å². The largest absolute Gasteiger partial charge is 0.482 e. The third kappa shape index (κ3) is 2.76. The number of rotatable bonds is 2. The minimum absolute atomic E-state index is 0.0743. The molecule has 1 aliphatic heterocycles. The molecule has 2 aromatic rings. The highest BCUT2D eigenvalue weighted by Gasteiger charge is 2.18. The Labute approximate surface area is 126 Å². The summed E-state index contributed by atoms with van der Waals surface area (Å²) >= 11 is 0. The molecule has 0 aromatic heterocycles. The number of aryl methyl sites for hydroxylation is 1. The maximum Gasteiger partial charge on any atom is 0.262 e. The molecule has 2 N–H and O–H groups in total. The Hall–Kier alpha value is -2.89. The van der Waals surface area contributed by atoms with Crippen LogP contribution in [0.5, 0.6) is 5.75 Å². The minimum Gasteiger partial charge on any atom is -0.482 e. The molecule has 1 aliphatic rings. The molecule has 0 saturated heterocycles. The van der Waals surface area contributed by atoms with E-state index in [1.165, 1.54) is 18.2 Å². The van der Waals surface area contributed by atoms with Gasteiger partial charge in [-0.3, -0.25) is 9.59 Å². The van der Waals surface area contributed by atoms with Crippen molar-refractivity contribution in [2.45, 2.75) is 6.92 Å². The second kappa shape index (κ2) is 5.48. The summed E-state index contributed by atoms with van der Waals surface area (Å²) in [5.41, 5.74) is 2.09. The topological polar surface area (TPSA) is 67.4 Å². The molecule has 5 nitrogen and oxygen atoms in total. The Kier molecular flexibility index (Phi) is 3.50. The average Bonchev–Trinajstić information content (AvgIpc) is 2.49. The summed E-state index contributed by atoms with van der Waals surface area (Å²) in [7, 11) is 0. The molecule has 22 heavy (non-hydrogen) atoms. The van der Waals surface area contributed by atoms with E-state index in [0.717, 1.165) is 0 Å². The fourth-order valence-electron chi connectivity index (χ4n) is 2.18. The Morgan fingerprint density at radius 3 is 2.86 bits per heavy atom. The third-order valence-corrected chi connectivity index (χ3v) is 3.31. The second-order valence-corrected chi connectivity index (χ2v) is 4.96. The van der Waals surface area contributed by atoms with Crippen molar-refractivity contribution in [2.24, 2.45) is 0 Å². The van der Waals surface area contributed by atoms with Gasteiger partial charge in [-0.1, -0.05) is 0 Å². The van der Waals surface area contributed by atoms with Gasteiger partial charge in [0.15, 0.2) is 6.61 Å². The molecular weight excluding hydrogens is 287 g/mol. The van der Waals surface area contributed by atoms with Crippen LogP contribution in [0.2, 0.25) is 0 Å². The molecule has 6 heteroatoms. The minimum atomic E-state index is -0.353. The van der Waals surface area contributed by atoms with Crippen LogP contribution in [0.4, 0.5) is 15.8 Å². The Morgan fingerprint density at radius 2 is 2.09 bits per heavy atom. The number of amides is 2. The first-order valence-corrected chi connectivity index (χ1v) is 6.67.